The quantitative estimate of drug-likeness (QED) is 0.890. The predicted octanol–water partition coefficient (Wildman–Crippen LogP) is 2.27. The fourth-order valence-corrected chi connectivity index (χ4v) is 1.78. The summed E-state index contributed by atoms with van der Waals surface area (Å²) in [7, 11) is 0. The molecule has 5 heteroatoms. The Hall–Kier alpha value is -1.78. The molecule has 0 bridgehead atoms. The van der Waals surface area contributed by atoms with E-state index < -0.39 is 0 Å². The molecule has 94 valence electrons. The van der Waals surface area contributed by atoms with Crippen molar-refractivity contribution in [2.24, 2.45) is 0 Å². The van der Waals surface area contributed by atoms with Gasteiger partial charge in [-0.1, -0.05) is 23.7 Å². The van der Waals surface area contributed by atoms with Crippen LogP contribution in [0.4, 0.5) is 5.69 Å². The Morgan fingerprint density at radius 2 is 2.11 bits per heavy atom. The summed E-state index contributed by atoms with van der Waals surface area (Å²) in [5.74, 6) is -0.164. The van der Waals surface area contributed by atoms with Gasteiger partial charge in [-0.15, -0.1) is 0 Å². The maximum atomic E-state index is 11.8. The average molecular weight is 265 g/mol. The lowest BCUT2D eigenvalue weighted by Crippen LogP contribution is -2.18. The number of carbonyl (C=O) groups is 1. The van der Waals surface area contributed by atoms with Gasteiger partial charge in [0, 0.05) is 12.4 Å². The number of aromatic nitrogens is 1. The van der Waals surface area contributed by atoms with Crippen molar-refractivity contribution in [3.63, 3.8) is 0 Å². The molecule has 1 aromatic heterocycles. The molecule has 4 nitrogen and oxygen atoms in total. The number of nitrogens with zero attached hydrogens (tertiary/aromatic N) is 1. The van der Waals surface area contributed by atoms with Crippen LogP contribution in [0.2, 0.25) is 5.02 Å². The number of halogens is 1. The van der Waals surface area contributed by atoms with Crippen molar-refractivity contribution in [3.05, 3.63) is 53.3 Å². The van der Waals surface area contributed by atoms with Gasteiger partial charge in [-0.2, -0.15) is 0 Å². The summed E-state index contributed by atoms with van der Waals surface area (Å²) in [6.45, 7) is 0.157. The zero-order chi connectivity index (χ0) is 13.0. The Morgan fingerprint density at radius 3 is 2.78 bits per heavy atom. The first kappa shape index (κ1) is 12.7. The van der Waals surface area contributed by atoms with E-state index in [0.717, 1.165) is 5.56 Å². The van der Waals surface area contributed by atoms with Crippen LogP contribution in [0.5, 0.6) is 0 Å². The Bertz CT molecular complexity index is 551. The van der Waals surface area contributed by atoms with E-state index in [-0.39, 0.29) is 19.1 Å². The van der Waals surface area contributed by atoms with Gasteiger partial charge in [-0.25, -0.2) is 0 Å². The van der Waals surface area contributed by atoms with Crippen LogP contribution in [0.1, 0.15) is 5.56 Å². The molecule has 0 aliphatic heterocycles. The zero-order valence-electron chi connectivity index (χ0n) is 9.64. The van der Waals surface area contributed by atoms with Crippen LogP contribution in [-0.2, 0) is 17.9 Å². The van der Waals surface area contributed by atoms with E-state index in [9.17, 15) is 4.79 Å². The molecule has 0 spiro atoms. The number of para-hydroxylation sites is 1. The van der Waals surface area contributed by atoms with E-state index in [1.54, 1.807) is 47.3 Å². The molecule has 0 saturated carbocycles. The van der Waals surface area contributed by atoms with Crippen molar-refractivity contribution in [1.82, 2.24) is 4.57 Å². The molecule has 0 saturated heterocycles. The smallest absolute Gasteiger partial charge is 0.244 e. The van der Waals surface area contributed by atoms with Crippen molar-refractivity contribution in [1.29, 1.82) is 0 Å². The molecule has 2 N–H and O–H groups in total. The lowest BCUT2D eigenvalue weighted by atomic mass is 10.3. The summed E-state index contributed by atoms with van der Waals surface area (Å²) >= 11 is 5.94. The Kier molecular flexibility index (Phi) is 4.02. The number of carbonyl (C=O) groups excluding carboxylic acids is 1. The third-order valence-electron chi connectivity index (χ3n) is 2.47. The average Bonchev–Trinajstić information content (AvgIpc) is 2.80. The second-order valence-electron chi connectivity index (χ2n) is 3.88. The van der Waals surface area contributed by atoms with Gasteiger partial charge < -0.3 is 15.0 Å². The van der Waals surface area contributed by atoms with E-state index >= 15 is 0 Å². The highest BCUT2D eigenvalue weighted by Crippen LogP contribution is 2.20. The van der Waals surface area contributed by atoms with Crippen molar-refractivity contribution in [3.8, 4) is 0 Å². The first-order valence-electron chi connectivity index (χ1n) is 5.49. The molecule has 18 heavy (non-hydrogen) atoms. The van der Waals surface area contributed by atoms with Crippen LogP contribution in [0.3, 0.4) is 0 Å². The summed E-state index contributed by atoms with van der Waals surface area (Å²) < 4.78 is 1.71. The molecule has 1 aromatic carbocycles. The molecule has 2 rings (SSSR count). The van der Waals surface area contributed by atoms with Gasteiger partial charge in [0.25, 0.3) is 0 Å². The minimum atomic E-state index is -0.164. The van der Waals surface area contributed by atoms with Gasteiger partial charge in [0.15, 0.2) is 0 Å². The molecule has 2 aromatic rings. The number of anilines is 1. The number of hydrogen-bond donors (Lipinski definition) is 2. The van der Waals surface area contributed by atoms with E-state index in [4.69, 9.17) is 16.7 Å². The van der Waals surface area contributed by atoms with Gasteiger partial charge in [0.05, 0.1) is 17.3 Å². The predicted molar refractivity (Wildman–Crippen MR) is 70.4 cm³/mol. The minimum Gasteiger partial charge on any atom is -0.392 e. The number of nitrogens with one attached hydrogen (secondary N) is 1. The van der Waals surface area contributed by atoms with Crippen molar-refractivity contribution in [2.75, 3.05) is 5.32 Å². The highest BCUT2D eigenvalue weighted by molar-refractivity contribution is 6.33. The maximum absolute atomic E-state index is 11.8. The number of benzene rings is 1. The number of hydrogen-bond acceptors (Lipinski definition) is 2. The highest BCUT2D eigenvalue weighted by atomic mass is 35.5. The van der Waals surface area contributed by atoms with Crippen LogP contribution >= 0.6 is 11.6 Å². The fraction of sp³-hybridized carbons (Fsp3) is 0.154. The molecule has 1 heterocycles. The van der Waals surface area contributed by atoms with E-state index in [1.807, 2.05) is 0 Å². The zero-order valence-corrected chi connectivity index (χ0v) is 10.4. The molecule has 0 atom stereocenters. The van der Waals surface area contributed by atoms with Crippen LogP contribution in [0, 0.1) is 0 Å². The highest BCUT2D eigenvalue weighted by Gasteiger charge is 2.06. The number of amides is 1. The topological polar surface area (TPSA) is 54.3 Å². The van der Waals surface area contributed by atoms with Gasteiger partial charge >= 0.3 is 0 Å². The second-order valence-corrected chi connectivity index (χ2v) is 4.29. The molecular formula is C13H13ClN2O2. The standard InChI is InChI=1S/C13H13ClN2O2/c14-11-3-1-2-4-12(11)15-13(18)8-16-6-5-10(7-16)9-17/h1-7,17H,8-9H2,(H,15,18). The van der Waals surface area contributed by atoms with Gasteiger partial charge in [-0.05, 0) is 23.8 Å². The summed E-state index contributed by atoms with van der Waals surface area (Å²) in [6.07, 6.45) is 3.48. The molecule has 0 aliphatic carbocycles. The molecule has 0 unspecified atom stereocenters. The molecule has 1 amide bonds. The van der Waals surface area contributed by atoms with E-state index in [1.165, 1.54) is 0 Å². The van der Waals surface area contributed by atoms with Gasteiger partial charge in [-0.3, -0.25) is 4.79 Å². The summed E-state index contributed by atoms with van der Waals surface area (Å²) in [5.41, 5.74) is 1.37. The van der Waals surface area contributed by atoms with Crippen molar-refractivity contribution >= 4 is 23.2 Å². The van der Waals surface area contributed by atoms with E-state index in [2.05, 4.69) is 5.32 Å². The molecular weight excluding hydrogens is 252 g/mol. The third kappa shape index (κ3) is 3.12. The third-order valence-corrected chi connectivity index (χ3v) is 2.80. The van der Waals surface area contributed by atoms with Crippen LogP contribution < -0.4 is 5.32 Å². The summed E-state index contributed by atoms with van der Waals surface area (Å²) in [6, 6.07) is 8.84. The number of rotatable bonds is 4. The lowest BCUT2D eigenvalue weighted by Gasteiger charge is -2.07. The first-order chi connectivity index (χ1) is 8.69. The molecule has 0 fully saturated rings. The fourth-order valence-electron chi connectivity index (χ4n) is 1.60. The van der Waals surface area contributed by atoms with Crippen LogP contribution in [-0.4, -0.2) is 15.6 Å². The number of aliphatic hydroxyl groups excluding tert-OH is 1. The normalized spacial score (nSPS) is 10.3. The minimum absolute atomic E-state index is 0.0286. The SMILES string of the molecule is O=C(Cn1ccc(CO)c1)Nc1ccccc1Cl. The van der Waals surface area contributed by atoms with Crippen LogP contribution in [0.15, 0.2) is 42.7 Å². The molecule has 0 radical (unpaired) electrons. The van der Waals surface area contributed by atoms with Gasteiger partial charge in [0.1, 0.15) is 6.54 Å². The Labute approximate surface area is 110 Å². The number of aliphatic hydroxyl groups is 1. The monoisotopic (exact) mass is 264 g/mol. The van der Waals surface area contributed by atoms with Crippen molar-refractivity contribution < 1.29 is 9.90 Å². The van der Waals surface area contributed by atoms with Gasteiger partial charge in [0.2, 0.25) is 5.91 Å². The molecule has 0 aliphatic rings. The summed E-state index contributed by atoms with van der Waals surface area (Å²) in [5, 5.41) is 12.2. The second kappa shape index (κ2) is 5.71. The lowest BCUT2D eigenvalue weighted by molar-refractivity contribution is -0.116. The van der Waals surface area contributed by atoms with Crippen LogP contribution in [0.25, 0.3) is 0 Å². The first-order valence-corrected chi connectivity index (χ1v) is 5.87. The maximum Gasteiger partial charge on any atom is 0.244 e. The van der Waals surface area contributed by atoms with Crippen molar-refractivity contribution in [2.45, 2.75) is 13.2 Å². The summed E-state index contributed by atoms with van der Waals surface area (Å²) in [4.78, 5) is 11.8. The van der Waals surface area contributed by atoms with E-state index in [0.29, 0.717) is 10.7 Å². The Balaban J connectivity index is 1.99. The Morgan fingerprint density at radius 1 is 1.33 bits per heavy atom. The largest absolute Gasteiger partial charge is 0.392 e.